The van der Waals surface area contributed by atoms with Crippen molar-refractivity contribution in [3.05, 3.63) is 0 Å². The minimum absolute atomic E-state index is 0.0151. The zero-order valence-electron chi connectivity index (χ0n) is 31.6. The molecule has 6 aliphatic rings. The van der Waals surface area contributed by atoms with Gasteiger partial charge in [0.2, 0.25) is 17.6 Å². The van der Waals surface area contributed by atoms with E-state index in [0.29, 0.717) is 32.2 Å². The number of rotatable bonds is 12. The van der Waals surface area contributed by atoms with Gasteiger partial charge in [-0.3, -0.25) is 19.2 Å². The van der Waals surface area contributed by atoms with E-state index in [9.17, 15) is 32.4 Å². The summed E-state index contributed by atoms with van der Waals surface area (Å²) < 4.78 is 25.8. The molecular weight excluding hydrogens is 671 g/mol. The zero-order chi connectivity index (χ0) is 37.1. The van der Waals surface area contributed by atoms with Gasteiger partial charge in [-0.1, -0.05) is 65.7 Å². The van der Waals surface area contributed by atoms with E-state index in [4.69, 9.17) is 0 Å². The molecule has 0 aromatic rings. The fraction of sp³-hybridized carbons (Fsp3) is 0.868. The van der Waals surface area contributed by atoms with Crippen LogP contribution in [-0.2, 0) is 29.0 Å². The molecular formula is C38H61N5O7S. The normalized spacial score (nSPS) is 31.8. The van der Waals surface area contributed by atoms with Crippen molar-refractivity contribution in [2.75, 3.05) is 12.3 Å². The number of likely N-dealkylation sites (tertiary alicyclic amines) is 1. The molecule has 0 aromatic carbocycles. The SMILES string of the molecule is CC[C@@H]1C[C@@]1(NC(=O)[C@@H]1[C@@H]2[C@H](CN1C(=O)[C@@H](NC(=O)NC1(CS(=O)(=O)C(C)(C)C)CCCCC1)C1CCCCC1)C2(C)C)C(=O)C(=O)NC1CC1. The number of ketones is 1. The summed E-state index contributed by atoms with van der Waals surface area (Å²) in [6.45, 7) is 11.5. The number of hydrogen-bond acceptors (Lipinski definition) is 7. The molecule has 6 rings (SSSR count). The van der Waals surface area contributed by atoms with Crippen LogP contribution < -0.4 is 21.3 Å². The quantitative estimate of drug-likeness (QED) is 0.222. The molecule has 0 bridgehead atoms. The highest BCUT2D eigenvalue weighted by molar-refractivity contribution is 7.92. The molecule has 0 radical (unpaired) electrons. The second-order valence-corrected chi connectivity index (χ2v) is 21.2. The number of amides is 5. The van der Waals surface area contributed by atoms with Gasteiger partial charge < -0.3 is 26.2 Å². The van der Waals surface area contributed by atoms with Crippen molar-refractivity contribution in [2.45, 2.75) is 165 Å². The minimum Gasteiger partial charge on any atom is -0.347 e. The molecule has 51 heavy (non-hydrogen) atoms. The number of fused-ring (bicyclic) bond motifs is 1. The van der Waals surface area contributed by atoms with Crippen LogP contribution in [0.2, 0.25) is 0 Å². The van der Waals surface area contributed by atoms with E-state index in [1.807, 2.05) is 6.92 Å². The van der Waals surface area contributed by atoms with Crippen molar-refractivity contribution in [3.63, 3.8) is 0 Å². The van der Waals surface area contributed by atoms with Crippen LogP contribution in [0.15, 0.2) is 0 Å². The molecule has 5 aliphatic carbocycles. The Morgan fingerprint density at radius 2 is 1.51 bits per heavy atom. The van der Waals surface area contributed by atoms with Gasteiger partial charge >= 0.3 is 6.03 Å². The maximum Gasteiger partial charge on any atom is 0.315 e. The Labute approximate surface area is 304 Å². The Balaban J connectivity index is 1.22. The van der Waals surface area contributed by atoms with Crippen molar-refractivity contribution < 1.29 is 32.4 Å². The first-order valence-electron chi connectivity index (χ1n) is 19.6. The first-order valence-corrected chi connectivity index (χ1v) is 21.3. The van der Waals surface area contributed by atoms with Crippen LogP contribution in [0, 0.1) is 29.1 Å². The van der Waals surface area contributed by atoms with Crippen LogP contribution in [0.5, 0.6) is 0 Å². The maximum atomic E-state index is 14.8. The van der Waals surface area contributed by atoms with Gasteiger partial charge in [-0.25, -0.2) is 13.2 Å². The molecule has 1 saturated heterocycles. The molecule has 12 nitrogen and oxygen atoms in total. The molecule has 13 heteroatoms. The summed E-state index contributed by atoms with van der Waals surface area (Å²) in [7, 11) is -3.55. The third-order valence-electron chi connectivity index (χ3n) is 13.5. The fourth-order valence-electron chi connectivity index (χ4n) is 9.66. The molecule has 5 saturated carbocycles. The summed E-state index contributed by atoms with van der Waals surface area (Å²) in [5, 5.41) is 11.9. The first-order chi connectivity index (χ1) is 23.9. The van der Waals surface area contributed by atoms with Gasteiger partial charge in [0.05, 0.1) is 16.0 Å². The Kier molecular flexibility index (Phi) is 10.2. The first kappa shape index (κ1) is 38.0. The summed E-state index contributed by atoms with van der Waals surface area (Å²) in [4.78, 5) is 71.1. The second kappa shape index (κ2) is 13.6. The number of carbonyl (C=O) groups excluding carboxylic acids is 5. The van der Waals surface area contributed by atoms with Gasteiger partial charge in [0.15, 0.2) is 9.84 Å². The van der Waals surface area contributed by atoms with Crippen LogP contribution >= 0.6 is 0 Å². The standard InChI is InChI=1S/C38H61N5O7S/c1-7-24-20-38(24,30(44)32(46)39-25-16-17-25)41-31(45)29-27-26(36(27,5)6)21-43(29)33(47)28(23-14-10-8-11-15-23)40-34(48)42-37(18-12-9-13-19-37)22-51(49,50)35(2,3)4/h23-29H,7-22H2,1-6H3,(H,39,46)(H,41,45)(H2,40,42,48)/t24-,26+,27+,28+,29+,38+/m1/s1. The van der Waals surface area contributed by atoms with Crippen LogP contribution in [0.4, 0.5) is 4.79 Å². The van der Waals surface area contributed by atoms with Gasteiger partial charge in [0.1, 0.15) is 17.6 Å². The Hall–Kier alpha value is -2.70. The summed E-state index contributed by atoms with van der Waals surface area (Å²) in [6, 6.07) is -2.25. The van der Waals surface area contributed by atoms with Gasteiger partial charge in [-0.2, -0.15) is 0 Å². The Morgan fingerprint density at radius 3 is 2.08 bits per heavy atom. The van der Waals surface area contributed by atoms with Gasteiger partial charge in [0.25, 0.3) is 5.91 Å². The molecule has 5 amide bonds. The molecule has 4 N–H and O–H groups in total. The molecule has 0 spiro atoms. The number of urea groups is 1. The smallest absolute Gasteiger partial charge is 0.315 e. The number of nitrogens with one attached hydrogen (secondary N) is 4. The number of sulfone groups is 1. The average molecular weight is 732 g/mol. The average Bonchev–Trinajstić information content (AvgIpc) is 4.02. The molecule has 286 valence electrons. The van der Waals surface area contributed by atoms with Gasteiger partial charge in [-0.05, 0) is 94.8 Å². The van der Waals surface area contributed by atoms with Crippen LogP contribution in [0.25, 0.3) is 0 Å². The summed E-state index contributed by atoms with van der Waals surface area (Å²) in [6.07, 6.45) is 10.8. The predicted octanol–water partition coefficient (Wildman–Crippen LogP) is 3.77. The largest absolute Gasteiger partial charge is 0.347 e. The Morgan fingerprint density at radius 1 is 0.882 bits per heavy atom. The second-order valence-electron chi connectivity index (χ2n) is 18.4. The lowest BCUT2D eigenvalue weighted by molar-refractivity contribution is -0.145. The van der Waals surface area contributed by atoms with Crippen molar-refractivity contribution in [1.29, 1.82) is 0 Å². The topological polar surface area (TPSA) is 171 Å². The number of piperidine rings is 1. The molecule has 6 fully saturated rings. The summed E-state index contributed by atoms with van der Waals surface area (Å²) >= 11 is 0. The highest BCUT2D eigenvalue weighted by atomic mass is 32.2. The lowest BCUT2D eigenvalue weighted by Gasteiger charge is -2.41. The van der Waals surface area contributed by atoms with Crippen molar-refractivity contribution in [3.8, 4) is 0 Å². The summed E-state index contributed by atoms with van der Waals surface area (Å²) in [5.41, 5.74) is -2.37. The third-order valence-corrected chi connectivity index (χ3v) is 16.3. The number of hydrogen-bond donors (Lipinski definition) is 4. The van der Waals surface area contributed by atoms with E-state index in [1.54, 1.807) is 25.7 Å². The number of carbonyl (C=O) groups is 5. The summed E-state index contributed by atoms with van der Waals surface area (Å²) in [5.74, 6) is -2.44. The molecule has 0 aromatic heterocycles. The third kappa shape index (κ3) is 7.43. The Bertz CT molecular complexity index is 1520. The van der Waals surface area contributed by atoms with E-state index < -0.39 is 61.4 Å². The highest BCUT2D eigenvalue weighted by Gasteiger charge is 2.71. The van der Waals surface area contributed by atoms with E-state index in [2.05, 4.69) is 35.1 Å². The molecule has 1 aliphatic heterocycles. The minimum atomic E-state index is -3.55. The van der Waals surface area contributed by atoms with Crippen LogP contribution in [0.3, 0.4) is 0 Å². The number of nitrogens with zero attached hydrogens (tertiary/aromatic N) is 1. The lowest BCUT2D eigenvalue weighted by Crippen LogP contribution is -2.63. The zero-order valence-corrected chi connectivity index (χ0v) is 32.4. The number of Topliss-reactive ketones (excluding diaryl/α,β-unsaturated/α-hetero) is 1. The van der Waals surface area contributed by atoms with Crippen molar-refractivity contribution in [2.24, 2.45) is 29.1 Å². The van der Waals surface area contributed by atoms with E-state index in [-0.39, 0.29) is 46.8 Å². The van der Waals surface area contributed by atoms with E-state index in [0.717, 1.165) is 64.2 Å². The molecule has 6 atom stereocenters. The predicted molar refractivity (Wildman–Crippen MR) is 193 cm³/mol. The van der Waals surface area contributed by atoms with Crippen molar-refractivity contribution >= 4 is 39.4 Å². The van der Waals surface area contributed by atoms with E-state index in [1.165, 1.54) is 0 Å². The van der Waals surface area contributed by atoms with Gasteiger partial charge in [-0.15, -0.1) is 0 Å². The highest BCUT2D eigenvalue weighted by Crippen LogP contribution is 2.65. The maximum absolute atomic E-state index is 14.8. The van der Waals surface area contributed by atoms with Crippen LogP contribution in [0.1, 0.15) is 131 Å². The monoisotopic (exact) mass is 731 g/mol. The van der Waals surface area contributed by atoms with E-state index >= 15 is 0 Å². The van der Waals surface area contributed by atoms with Crippen molar-refractivity contribution in [1.82, 2.24) is 26.2 Å². The molecule has 1 heterocycles. The fourth-order valence-corrected chi connectivity index (χ4v) is 11.2. The van der Waals surface area contributed by atoms with Gasteiger partial charge in [0, 0.05) is 12.6 Å². The lowest BCUT2D eigenvalue weighted by atomic mass is 9.82. The van der Waals surface area contributed by atoms with Crippen LogP contribution in [-0.4, -0.2) is 89.1 Å². The molecule has 0 unspecified atom stereocenters.